The highest BCUT2D eigenvalue weighted by molar-refractivity contribution is 7.99. The van der Waals surface area contributed by atoms with Crippen molar-refractivity contribution < 1.29 is 9.53 Å². The molecule has 0 radical (unpaired) electrons. The van der Waals surface area contributed by atoms with Gasteiger partial charge >= 0.3 is 6.03 Å². The molecule has 0 spiro atoms. The van der Waals surface area contributed by atoms with Gasteiger partial charge < -0.3 is 15.0 Å². The van der Waals surface area contributed by atoms with Crippen LogP contribution in [0.25, 0.3) is 0 Å². The van der Waals surface area contributed by atoms with Gasteiger partial charge in [-0.15, -0.1) is 0 Å². The normalized spacial score (nSPS) is 25.8. The Balaban J connectivity index is 1.64. The SMILES string of the molecule is CC(NC(=O)N1CCSCCC1C)C1COc2ccccc21. The smallest absolute Gasteiger partial charge is 0.317 e. The molecule has 0 saturated carbocycles. The third-order valence-corrected chi connectivity index (χ3v) is 5.64. The van der Waals surface area contributed by atoms with Gasteiger partial charge in [-0.25, -0.2) is 4.79 Å². The minimum Gasteiger partial charge on any atom is -0.493 e. The van der Waals surface area contributed by atoms with Crippen LogP contribution in [0, 0.1) is 0 Å². The van der Waals surface area contributed by atoms with Gasteiger partial charge in [0.15, 0.2) is 0 Å². The fourth-order valence-corrected chi connectivity index (χ4v) is 4.21. The maximum atomic E-state index is 12.6. The maximum absolute atomic E-state index is 12.6. The highest BCUT2D eigenvalue weighted by Crippen LogP contribution is 2.35. The molecule has 3 atom stereocenters. The van der Waals surface area contributed by atoms with Gasteiger partial charge in [0.05, 0.1) is 6.61 Å². The lowest BCUT2D eigenvalue weighted by Crippen LogP contribution is -2.49. The van der Waals surface area contributed by atoms with Crippen molar-refractivity contribution in [3.63, 3.8) is 0 Å². The van der Waals surface area contributed by atoms with Crippen molar-refractivity contribution >= 4 is 17.8 Å². The summed E-state index contributed by atoms with van der Waals surface area (Å²) in [5.74, 6) is 3.36. The Morgan fingerprint density at radius 1 is 1.41 bits per heavy atom. The van der Waals surface area contributed by atoms with Crippen molar-refractivity contribution in [1.82, 2.24) is 10.2 Å². The van der Waals surface area contributed by atoms with E-state index in [1.807, 2.05) is 34.9 Å². The van der Waals surface area contributed by atoms with Crippen LogP contribution in [0.1, 0.15) is 31.7 Å². The molecular formula is C17H24N2O2S. The lowest BCUT2D eigenvalue weighted by Gasteiger charge is -2.30. The lowest BCUT2D eigenvalue weighted by atomic mass is 9.94. The number of thioether (sulfide) groups is 1. The van der Waals surface area contributed by atoms with Crippen LogP contribution in [0.15, 0.2) is 24.3 Å². The summed E-state index contributed by atoms with van der Waals surface area (Å²) < 4.78 is 5.73. The van der Waals surface area contributed by atoms with E-state index in [4.69, 9.17) is 4.74 Å². The first-order chi connectivity index (χ1) is 10.7. The Bertz CT molecular complexity index is 537. The summed E-state index contributed by atoms with van der Waals surface area (Å²) in [4.78, 5) is 14.6. The number of benzene rings is 1. The predicted octanol–water partition coefficient (Wildman–Crippen LogP) is 3.09. The topological polar surface area (TPSA) is 41.6 Å². The lowest BCUT2D eigenvalue weighted by molar-refractivity contribution is 0.177. The quantitative estimate of drug-likeness (QED) is 0.910. The van der Waals surface area contributed by atoms with E-state index in [-0.39, 0.29) is 18.0 Å². The number of hydrogen-bond acceptors (Lipinski definition) is 3. The summed E-state index contributed by atoms with van der Waals surface area (Å²) in [5, 5.41) is 3.19. The molecule has 0 aromatic heterocycles. The third-order valence-electron chi connectivity index (χ3n) is 4.64. The number of hydrogen-bond donors (Lipinski definition) is 1. The standard InChI is InChI=1S/C17H24N2O2S/c1-12-7-9-22-10-8-19(12)17(20)18-13(2)15-11-21-16-6-4-3-5-14(15)16/h3-6,12-13,15H,7-11H2,1-2H3,(H,18,20). The summed E-state index contributed by atoms with van der Waals surface area (Å²) in [6.45, 7) is 5.70. The fraction of sp³-hybridized carbons (Fsp3) is 0.588. The van der Waals surface area contributed by atoms with E-state index in [2.05, 4.69) is 25.2 Å². The zero-order valence-corrected chi connectivity index (χ0v) is 14.1. The molecule has 1 saturated heterocycles. The molecule has 4 nitrogen and oxygen atoms in total. The number of amides is 2. The Hall–Kier alpha value is -1.36. The van der Waals surface area contributed by atoms with E-state index in [0.717, 1.165) is 30.2 Å². The Morgan fingerprint density at radius 3 is 3.09 bits per heavy atom. The van der Waals surface area contributed by atoms with Gasteiger partial charge in [0.1, 0.15) is 5.75 Å². The van der Waals surface area contributed by atoms with Crippen molar-refractivity contribution in [3.05, 3.63) is 29.8 Å². The molecule has 1 aromatic rings. The first kappa shape index (κ1) is 15.5. The molecule has 120 valence electrons. The van der Waals surface area contributed by atoms with E-state index < -0.39 is 0 Å². The number of carbonyl (C=O) groups is 1. The average molecular weight is 320 g/mol. The van der Waals surface area contributed by atoms with E-state index in [9.17, 15) is 4.79 Å². The van der Waals surface area contributed by atoms with Crippen LogP contribution in [-0.4, -0.2) is 47.7 Å². The van der Waals surface area contributed by atoms with Gasteiger partial charge in [0.2, 0.25) is 0 Å². The number of nitrogens with zero attached hydrogens (tertiary/aromatic N) is 1. The monoisotopic (exact) mass is 320 g/mol. The molecule has 2 amide bonds. The maximum Gasteiger partial charge on any atom is 0.317 e. The Morgan fingerprint density at radius 2 is 2.23 bits per heavy atom. The van der Waals surface area contributed by atoms with Gasteiger partial charge in [0.25, 0.3) is 0 Å². The summed E-state index contributed by atoms with van der Waals surface area (Å²) in [6.07, 6.45) is 1.07. The number of urea groups is 1. The molecule has 3 rings (SSSR count). The molecule has 2 aliphatic rings. The molecule has 2 heterocycles. The molecule has 22 heavy (non-hydrogen) atoms. The second kappa shape index (κ2) is 6.82. The van der Waals surface area contributed by atoms with Crippen molar-refractivity contribution in [3.8, 4) is 5.75 Å². The van der Waals surface area contributed by atoms with Crippen LogP contribution in [0.3, 0.4) is 0 Å². The van der Waals surface area contributed by atoms with Crippen LogP contribution in [0.5, 0.6) is 5.75 Å². The molecule has 0 aliphatic carbocycles. The first-order valence-corrected chi connectivity index (χ1v) is 9.19. The summed E-state index contributed by atoms with van der Waals surface area (Å²) in [5.41, 5.74) is 1.20. The number of nitrogens with one attached hydrogen (secondary N) is 1. The Labute approximate surface area is 136 Å². The predicted molar refractivity (Wildman–Crippen MR) is 90.8 cm³/mol. The van der Waals surface area contributed by atoms with E-state index in [1.165, 1.54) is 5.56 Å². The van der Waals surface area contributed by atoms with Crippen LogP contribution in [-0.2, 0) is 0 Å². The minimum absolute atomic E-state index is 0.0619. The Kier molecular flexibility index (Phi) is 4.81. The van der Waals surface area contributed by atoms with Crippen LogP contribution in [0.4, 0.5) is 4.79 Å². The molecule has 1 N–H and O–H groups in total. The second-order valence-corrected chi connectivity index (χ2v) is 7.36. The minimum atomic E-state index is 0.0619. The highest BCUT2D eigenvalue weighted by Gasteiger charge is 2.31. The van der Waals surface area contributed by atoms with Gasteiger partial charge in [-0.2, -0.15) is 11.8 Å². The van der Waals surface area contributed by atoms with Crippen molar-refractivity contribution in [1.29, 1.82) is 0 Å². The molecule has 1 aromatic carbocycles. The third kappa shape index (κ3) is 3.19. The van der Waals surface area contributed by atoms with Crippen molar-refractivity contribution in [2.45, 2.75) is 38.3 Å². The van der Waals surface area contributed by atoms with Gasteiger partial charge in [0, 0.05) is 35.9 Å². The first-order valence-electron chi connectivity index (χ1n) is 8.03. The fourth-order valence-electron chi connectivity index (χ4n) is 3.18. The van der Waals surface area contributed by atoms with E-state index in [1.54, 1.807) is 0 Å². The number of rotatable bonds is 2. The molecule has 5 heteroatoms. The zero-order valence-electron chi connectivity index (χ0n) is 13.2. The molecule has 3 unspecified atom stereocenters. The number of fused-ring (bicyclic) bond motifs is 1. The molecule has 0 bridgehead atoms. The van der Waals surface area contributed by atoms with E-state index >= 15 is 0 Å². The summed E-state index contributed by atoms with van der Waals surface area (Å²) in [7, 11) is 0. The van der Waals surface area contributed by atoms with Gasteiger partial charge in [-0.1, -0.05) is 18.2 Å². The summed E-state index contributed by atoms with van der Waals surface area (Å²) >= 11 is 1.93. The largest absolute Gasteiger partial charge is 0.493 e. The average Bonchev–Trinajstić information content (AvgIpc) is 2.82. The molecular weight excluding hydrogens is 296 g/mol. The van der Waals surface area contributed by atoms with Crippen molar-refractivity contribution in [2.75, 3.05) is 24.7 Å². The van der Waals surface area contributed by atoms with E-state index in [0.29, 0.717) is 12.6 Å². The van der Waals surface area contributed by atoms with Crippen LogP contribution < -0.4 is 10.1 Å². The highest BCUT2D eigenvalue weighted by atomic mass is 32.2. The molecule has 1 fully saturated rings. The number of para-hydroxylation sites is 1. The van der Waals surface area contributed by atoms with Gasteiger partial charge in [-0.05, 0) is 32.1 Å². The van der Waals surface area contributed by atoms with Crippen molar-refractivity contribution in [2.24, 2.45) is 0 Å². The zero-order chi connectivity index (χ0) is 15.5. The number of carbonyl (C=O) groups excluding carboxylic acids is 1. The molecule has 2 aliphatic heterocycles. The van der Waals surface area contributed by atoms with Crippen LogP contribution in [0.2, 0.25) is 0 Å². The number of ether oxygens (including phenoxy) is 1. The van der Waals surface area contributed by atoms with Gasteiger partial charge in [-0.3, -0.25) is 0 Å². The summed E-state index contributed by atoms with van der Waals surface area (Å²) in [6, 6.07) is 8.56. The van der Waals surface area contributed by atoms with Crippen LogP contribution >= 0.6 is 11.8 Å². The second-order valence-electron chi connectivity index (χ2n) is 6.14.